The Kier molecular flexibility index (Phi) is 7.04. The molecular weight excluding hydrogens is 548 g/mol. The highest BCUT2D eigenvalue weighted by Gasteiger charge is 2.40. The van der Waals surface area contributed by atoms with Crippen LogP contribution in [-0.2, 0) is 12.1 Å². The Morgan fingerprint density at radius 2 is 1.98 bits per heavy atom. The lowest BCUT2D eigenvalue weighted by atomic mass is 9.86. The molecule has 6 rings (SSSR count). The van der Waals surface area contributed by atoms with Crippen molar-refractivity contribution in [3.63, 3.8) is 0 Å². The van der Waals surface area contributed by atoms with Gasteiger partial charge >= 0.3 is 6.61 Å². The molecule has 1 amide bonds. The van der Waals surface area contributed by atoms with Crippen LogP contribution in [0.4, 0.5) is 14.5 Å². The molecule has 13 heteroatoms. The van der Waals surface area contributed by atoms with E-state index >= 15 is 0 Å². The third kappa shape index (κ3) is 5.27. The van der Waals surface area contributed by atoms with E-state index in [-0.39, 0.29) is 28.3 Å². The molecule has 2 aromatic carbocycles. The molecule has 42 heavy (non-hydrogen) atoms. The predicted molar refractivity (Wildman–Crippen MR) is 149 cm³/mol. The smallest absolute Gasteiger partial charge is 0.387 e. The van der Waals surface area contributed by atoms with Crippen LogP contribution in [0.1, 0.15) is 22.8 Å². The first-order valence-electron chi connectivity index (χ1n) is 13.2. The van der Waals surface area contributed by atoms with Crippen LogP contribution in [0.5, 0.6) is 17.2 Å². The fraction of sp³-hybridized carbons (Fsp3) is 0.241. The van der Waals surface area contributed by atoms with E-state index in [1.54, 1.807) is 47.5 Å². The molecule has 216 valence electrons. The molecule has 0 radical (unpaired) electrons. The van der Waals surface area contributed by atoms with Crippen LogP contribution in [-0.4, -0.2) is 67.0 Å². The third-order valence-electron chi connectivity index (χ3n) is 6.95. The first-order chi connectivity index (χ1) is 20.2. The lowest BCUT2D eigenvalue weighted by molar-refractivity contribution is -0.0919. The van der Waals surface area contributed by atoms with Crippen molar-refractivity contribution in [2.24, 2.45) is 0 Å². The number of β-amino-alcohol motifs (C(OH)–C–C–N with tert-alkyl or cyclic N) is 1. The van der Waals surface area contributed by atoms with Gasteiger partial charge in [0.15, 0.2) is 5.65 Å². The summed E-state index contributed by atoms with van der Waals surface area (Å²) in [6.45, 7) is 0.215. The number of carbonyl (C=O) groups excluding carboxylic acids is 1. The highest BCUT2D eigenvalue weighted by atomic mass is 19.3. The zero-order valence-electron chi connectivity index (χ0n) is 22.7. The minimum absolute atomic E-state index is 0.146. The van der Waals surface area contributed by atoms with Crippen LogP contribution in [0.25, 0.3) is 16.9 Å². The molecule has 1 fully saturated rings. The largest absolute Gasteiger partial charge is 0.457 e. The number of hydrogen-bond donors (Lipinski definition) is 2. The number of amides is 1. The Morgan fingerprint density at radius 1 is 1.17 bits per heavy atom. The maximum Gasteiger partial charge on any atom is 0.387 e. The molecule has 2 N–H and O–H groups in total. The van der Waals surface area contributed by atoms with Gasteiger partial charge in [0.2, 0.25) is 0 Å². The second-order valence-electron chi connectivity index (χ2n) is 10.0. The maximum atomic E-state index is 13.4. The number of aromatic nitrogens is 5. The van der Waals surface area contributed by atoms with Crippen molar-refractivity contribution in [1.82, 2.24) is 29.3 Å². The highest BCUT2D eigenvalue weighted by Crippen LogP contribution is 2.40. The molecular formula is C29H27F2N7O4. The number of aliphatic hydroxyl groups is 1. The van der Waals surface area contributed by atoms with Crippen LogP contribution in [0.2, 0.25) is 0 Å². The van der Waals surface area contributed by atoms with Gasteiger partial charge in [0.1, 0.15) is 34.1 Å². The van der Waals surface area contributed by atoms with Gasteiger partial charge in [-0.25, -0.2) is 9.50 Å². The molecule has 11 nitrogen and oxygen atoms in total. The van der Waals surface area contributed by atoms with Gasteiger partial charge in [-0.2, -0.15) is 19.0 Å². The monoisotopic (exact) mass is 575 g/mol. The number of hydrogen-bond acceptors (Lipinski definition) is 8. The quantitative estimate of drug-likeness (QED) is 0.266. The summed E-state index contributed by atoms with van der Waals surface area (Å²) in [7, 11) is 1.92. The maximum absolute atomic E-state index is 13.4. The average Bonchev–Trinajstić information content (AvgIpc) is 3.57. The van der Waals surface area contributed by atoms with Crippen LogP contribution < -0.4 is 14.8 Å². The Labute approximate surface area is 238 Å². The number of nitrogens with zero attached hydrogens (tertiary/aromatic N) is 6. The summed E-state index contributed by atoms with van der Waals surface area (Å²) in [5, 5.41) is 22.4. The molecule has 5 aromatic rings. The summed E-state index contributed by atoms with van der Waals surface area (Å²) in [6, 6.07) is 13.2. The number of rotatable bonds is 9. The second-order valence-corrected chi connectivity index (χ2v) is 10.0. The number of aryl methyl sites for hydroxylation is 1. The van der Waals surface area contributed by atoms with Crippen LogP contribution in [0, 0.1) is 0 Å². The van der Waals surface area contributed by atoms with E-state index in [0.717, 1.165) is 0 Å². The van der Waals surface area contributed by atoms with Crippen molar-refractivity contribution in [2.75, 3.05) is 25.5 Å². The summed E-state index contributed by atoms with van der Waals surface area (Å²) in [6.07, 6.45) is 6.22. The van der Waals surface area contributed by atoms with E-state index in [9.17, 15) is 18.7 Å². The Hall–Kier alpha value is -4.88. The molecule has 0 aliphatic carbocycles. The lowest BCUT2D eigenvalue weighted by Gasteiger charge is -2.44. The summed E-state index contributed by atoms with van der Waals surface area (Å²) in [4.78, 5) is 19.5. The van der Waals surface area contributed by atoms with Crippen molar-refractivity contribution >= 4 is 17.2 Å². The average molecular weight is 576 g/mol. The predicted octanol–water partition coefficient (Wildman–Crippen LogP) is 4.39. The Balaban J connectivity index is 1.35. The molecule has 1 aliphatic heterocycles. The van der Waals surface area contributed by atoms with Gasteiger partial charge < -0.3 is 19.9 Å². The number of carbonyl (C=O) groups is 1. The highest BCUT2D eigenvalue weighted by molar-refractivity contribution is 6.09. The second kappa shape index (κ2) is 10.8. The van der Waals surface area contributed by atoms with E-state index in [0.29, 0.717) is 42.3 Å². The van der Waals surface area contributed by atoms with Crippen molar-refractivity contribution in [1.29, 1.82) is 0 Å². The van der Waals surface area contributed by atoms with Crippen molar-refractivity contribution < 1.29 is 28.2 Å². The molecule has 0 unspecified atom stereocenters. The minimum Gasteiger partial charge on any atom is -0.457 e. The van der Waals surface area contributed by atoms with Gasteiger partial charge in [-0.15, -0.1) is 0 Å². The Bertz CT molecular complexity index is 1760. The zero-order valence-corrected chi connectivity index (χ0v) is 22.7. The van der Waals surface area contributed by atoms with Crippen molar-refractivity contribution in [3.8, 4) is 28.5 Å². The molecule has 0 bridgehead atoms. The van der Waals surface area contributed by atoms with E-state index in [1.165, 1.54) is 28.9 Å². The molecule has 1 saturated heterocycles. The first kappa shape index (κ1) is 27.3. The van der Waals surface area contributed by atoms with Gasteiger partial charge in [-0.1, -0.05) is 12.1 Å². The van der Waals surface area contributed by atoms with Gasteiger partial charge in [-0.3, -0.25) is 14.4 Å². The normalized spacial score (nSPS) is 14.6. The number of alkyl halides is 2. The Morgan fingerprint density at radius 3 is 2.74 bits per heavy atom. The van der Waals surface area contributed by atoms with Crippen LogP contribution in [0.15, 0.2) is 73.3 Å². The van der Waals surface area contributed by atoms with Gasteiger partial charge in [0.25, 0.3) is 5.91 Å². The summed E-state index contributed by atoms with van der Waals surface area (Å²) >= 11 is 0. The fourth-order valence-corrected chi connectivity index (χ4v) is 5.02. The standard InChI is InChI=1S/C29H27F2N7O4/c1-3-37-15-23(34-27(39)22-14-33-38-11-5-10-32-26(22)38)25(35-37)21-13-20(8-9-24(21)42-28(30)31)41-19-7-4-6-18(12-19)29(40)16-36(2)17-29/h4-15,28,40H,3,16-17H2,1-2H3,(H,34,39). The number of benzene rings is 2. The fourth-order valence-electron chi connectivity index (χ4n) is 5.02. The van der Waals surface area contributed by atoms with E-state index < -0.39 is 18.1 Å². The number of ether oxygens (including phenoxy) is 2. The molecule has 3 aromatic heterocycles. The number of fused-ring (bicyclic) bond motifs is 1. The van der Waals surface area contributed by atoms with Crippen LogP contribution in [0.3, 0.4) is 0 Å². The molecule has 0 saturated carbocycles. The molecule has 4 heterocycles. The van der Waals surface area contributed by atoms with Crippen LogP contribution >= 0.6 is 0 Å². The van der Waals surface area contributed by atoms with Crippen molar-refractivity contribution in [2.45, 2.75) is 25.7 Å². The minimum atomic E-state index is -3.09. The first-order valence-corrected chi connectivity index (χ1v) is 13.2. The molecule has 0 atom stereocenters. The third-order valence-corrected chi connectivity index (χ3v) is 6.95. The number of anilines is 1. The zero-order chi connectivity index (χ0) is 29.4. The van der Waals surface area contributed by atoms with E-state index in [1.807, 2.05) is 24.9 Å². The van der Waals surface area contributed by atoms with Gasteiger partial charge in [-0.05, 0) is 55.9 Å². The van der Waals surface area contributed by atoms with E-state index in [4.69, 9.17) is 9.47 Å². The summed E-state index contributed by atoms with van der Waals surface area (Å²) in [5.74, 6) is 0.127. The van der Waals surface area contributed by atoms with E-state index in [2.05, 4.69) is 20.5 Å². The van der Waals surface area contributed by atoms with Gasteiger partial charge in [0.05, 0.1) is 17.4 Å². The van der Waals surface area contributed by atoms with Gasteiger partial charge in [0, 0.05) is 38.2 Å². The number of likely N-dealkylation sites (tertiary alicyclic amines) is 1. The number of likely N-dealkylation sites (N-methyl/N-ethyl adjacent to an activating group) is 1. The topological polar surface area (TPSA) is 119 Å². The summed E-state index contributed by atoms with van der Waals surface area (Å²) in [5.41, 5.74) is 0.991. The lowest BCUT2D eigenvalue weighted by Crippen LogP contribution is -2.57. The number of halogens is 2. The SMILES string of the molecule is CCn1cc(NC(=O)c2cnn3cccnc23)c(-c2cc(Oc3cccc(C4(O)CN(C)C4)c3)ccc2OC(F)F)n1. The number of nitrogens with one attached hydrogen (secondary N) is 1. The molecule has 0 spiro atoms. The summed E-state index contributed by atoms with van der Waals surface area (Å²) < 4.78 is 40.8. The molecule has 1 aliphatic rings. The van der Waals surface area contributed by atoms with Crippen molar-refractivity contribution in [3.05, 3.63) is 84.4 Å².